The SMILES string of the molecule is CC[C@@H](C)c1nc2ccc(Br)cc2c(=O)n1N=Cc1cc(Cl)cc([N+](=O)[O-])c1OCc1ccc(Br)cc1. The minimum atomic E-state index is -0.563. The molecule has 0 radical (unpaired) electrons. The van der Waals surface area contributed by atoms with Crippen LogP contribution in [0.1, 0.15) is 43.1 Å². The van der Waals surface area contributed by atoms with E-state index in [9.17, 15) is 14.9 Å². The average molecular weight is 649 g/mol. The fraction of sp³-hybridized carbons (Fsp3) is 0.192. The molecule has 3 aromatic carbocycles. The minimum Gasteiger partial charge on any atom is -0.481 e. The molecule has 0 N–H and O–H groups in total. The normalized spacial score (nSPS) is 12.2. The number of nitro benzene ring substituents is 1. The van der Waals surface area contributed by atoms with Crippen LogP contribution in [0.15, 0.2) is 73.4 Å². The molecule has 1 aromatic heterocycles. The maximum absolute atomic E-state index is 13.4. The van der Waals surface area contributed by atoms with E-state index in [4.69, 9.17) is 16.3 Å². The molecule has 0 aliphatic heterocycles. The summed E-state index contributed by atoms with van der Waals surface area (Å²) in [6.07, 6.45) is 2.07. The van der Waals surface area contributed by atoms with Crippen LogP contribution in [0.3, 0.4) is 0 Å². The van der Waals surface area contributed by atoms with Crippen molar-refractivity contribution in [3.63, 3.8) is 0 Å². The highest BCUT2D eigenvalue weighted by molar-refractivity contribution is 9.10. The maximum atomic E-state index is 13.4. The number of fused-ring (bicyclic) bond motifs is 1. The molecule has 11 heteroatoms. The van der Waals surface area contributed by atoms with E-state index in [1.807, 2.05) is 44.2 Å². The van der Waals surface area contributed by atoms with Gasteiger partial charge in [0, 0.05) is 31.5 Å². The van der Waals surface area contributed by atoms with Gasteiger partial charge in [0.25, 0.3) is 5.56 Å². The molecule has 0 fully saturated rings. The highest BCUT2D eigenvalue weighted by atomic mass is 79.9. The van der Waals surface area contributed by atoms with Gasteiger partial charge >= 0.3 is 5.69 Å². The van der Waals surface area contributed by atoms with Crippen molar-refractivity contribution in [1.29, 1.82) is 0 Å². The van der Waals surface area contributed by atoms with Gasteiger partial charge < -0.3 is 4.74 Å². The lowest BCUT2D eigenvalue weighted by molar-refractivity contribution is -0.385. The van der Waals surface area contributed by atoms with E-state index in [0.29, 0.717) is 16.7 Å². The second kappa shape index (κ2) is 11.5. The predicted molar refractivity (Wildman–Crippen MR) is 152 cm³/mol. The molecule has 8 nitrogen and oxygen atoms in total. The first-order chi connectivity index (χ1) is 17.7. The molecule has 0 aliphatic rings. The second-order valence-corrected chi connectivity index (χ2v) is 10.6. The van der Waals surface area contributed by atoms with Crippen molar-refractivity contribution in [3.05, 3.63) is 106 Å². The lowest BCUT2D eigenvalue weighted by Gasteiger charge is -2.14. The molecular weight excluding hydrogens is 628 g/mol. The number of nitro groups is 1. The van der Waals surface area contributed by atoms with E-state index in [1.54, 1.807) is 12.1 Å². The third-order valence-corrected chi connectivity index (χ3v) is 6.99. The summed E-state index contributed by atoms with van der Waals surface area (Å²) in [6, 6.07) is 15.4. The van der Waals surface area contributed by atoms with E-state index in [1.165, 1.54) is 23.0 Å². The molecule has 4 rings (SSSR count). The van der Waals surface area contributed by atoms with Crippen molar-refractivity contribution >= 4 is 66.3 Å². The fourth-order valence-corrected chi connectivity index (χ4v) is 4.47. The van der Waals surface area contributed by atoms with Gasteiger partial charge in [-0.05, 0) is 48.4 Å². The number of hydrogen-bond acceptors (Lipinski definition) is 6. The number of nitrogens with zero attached hydrogens (tertiary/aromatic N) is 4. The molecule has 37 heavy (non-hydrogen) atoms. The number of rotatable bonds is 8. The van der Waals surface area contributed by atoms with Gasteiger partial charge in [-0.1, -0.05) is 69.4 Å². The zero-order chi connectivity index (χ0) is 26.7. The molecule has 190 valence electrons. The van der Waals surface area contributed by atoms with E-state index in [2.05, 4.69) is 41.9 Å². The van der Waals surface area contributed by atoms with Crippen LogP contribution in [0, 0.1) is 10.1 Å². The monoisotopic (exact) mass is 646 g/mol. The molecule has 0 saturated heterocycles. The molecule has 0 spiro atoms. The molecule has 4 aromatic rings. The molecule has 0 bridgehead atoms. The third kappa shape index (κ3) is 6.08. The molecule has 0 saturated carbocycles. The Hall–Kier alpha value is -3.08. The summed E-state index contributed by atoms with van der Waals surface area (Å²) in [5.41, 5.74) is 0.974. The quantitative estimate of drug-likeness (QED) is 0.112. The van der Waals surface area contributed by atoms with Crippen LogP contribution in [-0.2, 0) is 6.61 Å². The number of benzene rings is 3. The van der Waals surface area contributed by atoms with Crippen molar-refractivity contribution in [3.8, 4) is 5.75 Å². The summed E-state index contributed by atoms with van der Waals surface area (Å²) in [5, 5.41) is 16.8. The van der Waals surface area contributed by atoms with Crippen molar-refractivity contribution < 1.29 is 9.66 Å². The molecule has 0 amide bonds. The number of aromatic nitrogens is 2. The van der Waals surface area contributed by atoms with Gasteiger partial charge in [0.05, 0.1) is 22.0 Å². The zero-order valence-corrected chi connectivity index (χ0v) is 23.7. The summed E-state index contributed by atoms with van der Waals surface area (Å²) in [5.74, 6) is 0.405. The molecule has 1 atom stereocenters. The standard InChI is InChI=1S/C26H21Br2ClN4O4/c1-3-15(2)25-31-22-9-8-19(28)11-21(22)26(34)32(25)30-13-17-10-20(29)12-23(33(35)36)24(17)37-14-16-4-6-18(27)7-5-16/h4-13,15H,3,14H2,1-2H3/t15-/m1/s1. The number of halogens is 3. The lowest BCUT2D eigenvalue weighted by atomic mass is 10.1. The van der Waals surface area contributed by atoms with Gasteiger partial charge in [0.1, 0.15) is 12.4 Å². The fourth-order valence-electron chi connectivity index (χ4n) is 3.62. The Bertz CT molecular complexity index is 1570. The van der Waals surface area contributed by atoms with Gasteiger partial charge in [0.15, 0.2) is 0 Å². The van der Waals surface area contributed by atoms with Crippen molar-refractivity contribution in [2.75, 3.05) is 0 Å². The van der Waals surface area contributed by atoms with Crippen molar-refractivity contribution in [2.24, 2.45) is 5.10 Å². The maximum Gasteiger partial charge on any atom is 0.313 e. The first-order valence-corrected chi connectivity index (χ1v) is 13.3. The first-order valence-electron chi connectivity index (χ1n) is 11.3. The topological polar surface area (TPSA) is 99.6 Å². The Morgan fingerprint density at radius 1 is 1.16 bits per heavy atom. The predicted octanol–water partition coefficient (Wildman–Crippen LogP) is 7.46. The van der Waals surface area contributed by atoms with E-state index < -0.39 is 4.92 Å². The van der Waals surface area contributed by atoms with Gasteiger partial charge in [-0.25, -0.2) is 4.98 Å². The van der Waals surface area contributed by atoms with Crippen LogP contribution in [0.4, 0.5) is 5.69 Å². The van der Waals surface area contributed by atoms with Gasteiger partial charge in [-0.15, -0.1) is 0 Å². The van der Waals surface area contributed by atoms with Gasteiger partial charge in [-0.3, -0.25) is 14.9 Å². The highest BCUT2D eigenvalue weighted by Gasteiger charge is 2.22. The molecule has 1 heterocycles. The van der Waals surface area contributed by atoms with Crippen LogP contribution in [0.5, 0.6) is 5.75 Å². The minimum absolute atomic E-state index is 0.00398. The second-order valence-electron chi connectivity index (χ2n) is 8.32. The Morgan fingerprint density at radius 3 is 2.54 bits per heavy atom. The number of hydrogen-bond donors (Lipinski definition) is 0. The van der Waals surface area contributed by atoms with Crippen LogP contribution >= 0.6 is 43.5 Å². The Kier molecular flexibility index (Phi) is 8.41. The van der Waals surface area contributed by atoms with Gasteiger partial charge in [0.2, 0.25) is 5.75 Å². The van der Waals surface area contributed by atoms with Crippen LogP contribution in [0.2, 0.25) is 5.02 Å². The Labute approximate surface area is 234 Å². The average Bonchev–Trinajstić information content (AvgIpc) is 2.87. The first kappa shape index (κ1) is 27.0. The third-order valence-electron chi connectivity index (χ3n) is 5.75. The van der Waals surface area contributed by atoms with Crippen LogP contribution in [-0.4, -0.2) is 20.8 Å². The molecular formula is C26H21Br2ClN4O4. The van der Waals surface area contributed by atoms with Crippen molar-refractivity contribution in [2.45, 2.75) is 32.8 Å². The van der Waals surface area contributed by atoms with E-state index in [0.717, 1.165) is 20.9 Å². The van der Waals surface area contributed by atoms with E-state index in [-0.39, 0.29) is 40.1 Å². The smallest absolute Gasteiger partial charge is 0.313 e. The summed E-state index contributed by atoms with van der Waals surface area (Å²) < 4.78 is 8.77. The van der Waals surface area contributed by atoms with Crippen LogP contribution in [0.25, 0.3) is 10.9 Å². The van der Waals surface area contributed by atoms with Gasteiger partial charge in [-0.2, -0.15) is 9.78 Å². The Morgan fingerprint density at radius 2 is 1.86 bits per heavy atom. The van der Waals surface area contributed by atoms with Crippen LogP contribution < -0.4 is 10.3 Å². The largest absolute Gasteiger partial charge is 0.481 e. The van der Waals surface area contributed by atoms with Crippen molar-refractivity contribution in [1.82, 2.24) is 9.66 Å². The highest BCUT2D eigenvalue weighted by Crippen LogP contribution is 2.34. The number of ether oxygens (including phenoxy) is 1. The lowest BCUT2D eigenvalue weighted by Crippen LogP contribution is -2.23. The Balaban J connectivity index is 1.83. The zero-order valence-electron chi connectivity index (χ0n) is 19.8. The summed E-state index contributed by atoms with van der Waals surface area (Å²) in [7, 11) is 0. The van der Waals surface area contributed by atoms with E-state index >= 15 is 0 Å². The summed E-state index contributed by atoms with van der Waals surface area (Å²) in [4.78, 5) is 29.4. The summed E-state index contributed by atoms with van der Waals surface area (Å²) in [6.45, 7) is 4.03. The molecule has 0 unspecified atom stereocenters. The summed E-state index contributed by atoms with van der Waals surface area (Å²) >= 11 is 13.0. The molecule has 0 aliphatic carbocycles.